The molecule has 0 aliphatic rings. The molecule has 0 fully saturated rings. The van der Waals surface area contributed by atoms with Crippen molar-refractivity contribution >= 4 is 0 Å². The Bertz CT molecular complexity index is 63.1. The molecule has 10 heavy (non-hydrogen) atoms. The van der Waals surface area contributed by atoms with Gasteiger partial charge in [0, 0.05) is 12.1 Å². The summed E-state index contributed by atoms with van der Waals surface area (Å²) in [6.07, 6.45) is 2.45. The van der Waals surface area contributed by atoms with Crippen molar-refractivity contribution < 1.29 is 20.3 Å². The van der Waals surface area contributed by atoms with Crippen LogP contribution in [0.25, 0.3) is 0 Å². The molecule has 0 aromatic heterocycles. The van der Waals surface area contributed by atoms with E-state index < -0.39 is 0 Å². The van der Waals surface area contributed by atoms with E-state index in [4.69, 9.17) is 0 Å². The van der Waals surface area contributed by atoms with Crippen molar-refractivity contribution in [3.05, 3.63) is 0 Å². The minimum absolute atomic E-state index is 0. The third kappa shape index (κ3) is 6.67. The van der Waals surface area contributed by atoms with Gasteiger partial charge in [0.2, 0.25) is 0 Å². The zero-order valence-corrected chi connectivity index (χ0v) is 8.07. The third-order valence-corrected chi connectivity index (χ3v) is 1.79. The molecule has 58 valence electrons. The van der Waals surface area contributed by atoms with Gasteiger partial charge in [-0.2, -0.15) is 0 Å². The van der Waals surface area contributed by atoms with Crippen LogP contribution in [0.4, 0.5) is 0 Å². The summed E-state index contributed by atoms with van der Waals surface area (Å²) in [5.41, 5.74) is 0. The van der Waals surface area contributed by atoms with Gasteiger partial charge in [0.05, 0.1) is 0 Å². The molecule has 0 saturated carbocycles. The number of hydrogen-bond donors (Lipinski definition) is 1. The fraction of sp³-hybridized carbons (Fsp3) is 1.00. The summed E-state index contributed by atoms with van der Waals surface area (Å²) in [5, 5.41) is 3.48. The smallest absolute Gasteiger partial charge is 1.00 e. The summed E-state index contributed by atoms with van der Waals surface area (Å²) in [6.45, 7) is 8.87. The standard InChI is InChI=1S/C8H19N.Li.H/c1-5-7(3)9-8(4)6-2;;/h7-9H,5-6H2,1-4H3;;/q;+1;-1. The average Bonchev–Trinajstić information content (AvgIpc) is 1.87. The average molecular weight is 137 g/mol. The fourth-order valence-corrected chi connectivity index (χ4v) is 0.721. The van der Waals surface area contributed by atoms with Crippen molar-refractivity contribution in [2.24, 2.45) is 0 Å². The summed E-state index contributed by atoms with van der Waals surface area (Å²) in [5.74, 6) is 0. The summed E-state index contributed by atoms with van der Waals surface area (Å²) in [6, 6.07) is 1.36. The van der Waals surface area contributed by atoms with E-state index in [0.29, 0.717) is 12.1 Å². The fourth-order valence-electron chi connectivity index (χ4n) is 0.721. The van der Waals surface area contributed by atoms with Crippen molar-refractivity contribution in [3.63, 3.8) is 0 Å². The van der Waals surface area contributed by atoms with E-state index in [1.54, 1.807) is 0 Å². The van der Waals surface area contributed by atoms with E-state index in [0.717, 1.165) is 0 Å². The largest absolute Gasteiger partial charge is 1.00 e. The maximum absolute atomic E-state index is 3.48. The zero-order valence-electron chi connectivity index (χ0n) is 9.07. The van der Waals surface area contributed by atoms with Crippen molar-refractivity contribution in [2.75, 3.05) is 0 Å². The molecule has 0 amide bonds. The molecule has 2 heteroatoms. The molecule has 0 aromatic rings. The molecule has 1 N–H and O–H groups in total. The second kappa shape index (κ2) is 7.66. The van der Waals surface area contributed by atoms with Gasteiger partial charge in [-0.3, -0.25) is 0 Å². The summed E-state index contributed by atoms with van der Waals surface area (Å²) in [4.78, 5) is 0. The van der Waals surface area contributed by atoms with Crippen LogP contribution in [0, 0.1) is 0 Å². The van der Waals surface area contributed by atoms with Gasteiger partial charge >= 0.3 is 18.9 Å². The van der Waals surface area contributed by atoms with Crippen LogP contribution in [0.1, 0.15) is 42.0 Å². The van der Waals surface area contributed by atoms with Crippen molar-refractivity contribution in [3.8, 4) is 0 Å². The molecule has 0 saturated heterocycles. The van der Waals surface area contributed by atoms with E-state index in [1.807, 2.05) is 0 Å². The second-order valence-electron chi connectivity index (χ2n) is 2.79. The summed E-state index contributed by atoms with van der Waals surface area (Å²) in [7, 11) is 0. The topological polar surface area (TPSA) is 12.0 Å². The Hall–Kier alpha value is 0.557. The number of rotatable bonds is 4. The first-order valence-corrected chi connectivity index (χ1v) is 3.96. The Balaban J connectivity index is -0.000000320. The van der Waals surface area contributed by atoms with Crippen molar-refractivity contribution in [1.29, 1.82) is 0 Å². The summed E-state index contributed by atoms with van der Waals surface area (Å²) < 4.78 is 0. The molecule has 1 nitrogen and oxygen atoms in total. The molecule has 2 atom stereocenters. The van der Waals surface area contributed by atoms with Gasteiger partial charge in [-0.05, 0) is 26.7 Å². The van der Waals surface area contributed by atoms with E-state index in [2.05, 4.69) is 33.0 Å². The van der Waals surface area contributed by atoms with E-state index in [9.17, 15) is 0 Å². The Kier molecular flexibility index (Phi) is 10.1. The zero-order chi connectivity index (χ0) is 7.28. The summed E-state index contributed by atoms with van der Waals surface area (Å²) >= 11 is 0. The Morgan fingerprint density at radius 1 is 1.10 bits per heavy atom. The molecule has 0 aliphatic carbocycles. The van der Waals surface area contributed by atoms with Gasteiger partial charge in [-0.1, -0.05) is 13.8 Å². The Morgan fingerprint density at radius 2 is 1.40 bits per heavy atom. The first kappa shape index (κ1) is 13.2. The van der Waals surface area contributed by atoms with Crippen LogP contribution in [0.15, 0.2) is 0 Å². The first-order valence-electron chi connectivity index (χ1n) is 3.96. The normalized spacial score (nSPS) is 15.6. The van der Waals surface area contributed by atoms with Gasteiger partial charge in [0.25, 0.3) is 0 Å². The van der Waals surface area contributed by atoms with Gasteiger partial charge in [0.15, 0.2) is 0 Å². The molecular weight excluding hydrogens is 117 g/mol. The molecule has 0 rings (SSSR count). The van der Waals surface area contributed by atoms with Crippen LogP contribution >= 0.6 is 0 Å². The molecular formula is C8H20LiN. The molecule has 0 bridgehead atoms. The third-order valence-electron chi connectivity index (χ3n) is 1.79. The van der Waals surface area contributed by atoms with Gasteiger partial charge in [-0.15, -0.1) is 0 Å². The van der Waals surface area contributed by atoms with Gasteiger partial charge in [0.1, 0.15) is 0 Å². The predicted molar refractivity (Wildman–Crippen MR) is 43.8 cm³/mol. The monoisotopic (exact) mass is 137 g/mol. The second-order valence-corrected chi connectivity index (χ2v) is 2.79. The van der Waals surface area contributed by atoms with Gasteiger partial charge < -0.3 is 6.74 Å². The Labute approximate surface area is 78.6 Å². The molecule has 0 radical (unpaired) electrons. The number of nitrogens with one attached hydrogen (secondary N) is 1. The Morgan fingerprint density at radius 3 is 1.60 bits per heavy atom. The maximum Gasteiger partial charge on any atom is 1.00 e. The van der Waals surface area contributed by atoms with Crippen LogP contribution in [0.3, 0.4) is 0 Å². The molecule has 0 heterocycles. The minimum atomic E-state index is 0. The first-order chi connectivity index (χ1) is 4.20. The maximum atomic E-state index is 3.48. The molecule has 2 unspecified atom stereocenters. The minimum Gasteiger partial charge on any atom is -1.00 e. The van der Waals surface area contributed by atoms with Crippen molar-refractivity contribution in [1.82, 2.24) is 5.32 Å². The van der Waals surface area contributed by atoms with Crippen LogP contribution in [0.2, 0.25) is 0 Å². The van der Waals surface area contributed by atoms with E-state index in [-0.39, 0.29) is 20.3 Å². The van der Waals surface area contributed by atoms with E-state index in [1.165, 1.54) is 12.8 Å². The molecule has 0 aromatic carbocycles. The molecule has 0 spiro atoms. The van der Waals surface area contributed by atoms with Gasteiger partial charge in [-0.25, -0.2) is 0 Å². The van der Waals surface area contributed by atoms with Crippen LogP contribution in [0.5, 0.6) is 0 Å². The van der Waals surface area contributed by atoms with Crippen LogP contribution < -0.4 is 24.2 Å². The quantitative estimate of drug-likeness (QED) is 0.505. The predicted octanol–water partition coefficient (Wildman–Crippen LogP) is -0.710. The van der Waals surface area contributed by atoms with Crippen LogP contribution in [-0.2, 0) is 0 Å². The van der Waals surface area contributed by atoms with Crippen molar-refractivity contribution in [2.45, 2.75) is 52.6 Å². The van der Waals surface area contributed by atoms with E-state index >= 15 is 0 Å². The number of hydrogen-bond acceptors (Lipinski definition) is 1. The van der Waals surface area contributed by atoms with Crippen LogP contribution in [-0.4, -0.2) is 12.1 Å². The molecule has 0 aliphatic heterocycles. The SMILES string of the molecule is CCC(C)NC(C)CC.[H-].[Li+].